The van der Waals surface area contributed by atoms with Crippen molar-refractivity contribution in [3.05, 3.63) is 11.6 Å². The summed E-state index contributed by atoms with van der Waals surface area (Å²) in [5.41, 5.74) is 0.318. The second-order valence-electron chi connectivity index (χ2n) is 15.1. The van der Waals surface area contributed by atoms with E-state index in [0.717, 1.165) is 25.7 Å². The molecular weight excluding hydrogens is 592 g/mol. The second-order valence-corrected chi connectivity index (χ2v) is 15.1. The number of aliphatic hydroxyl groups excluding tert-OH is 9. The van der Waals surface area contributed by atoms with Crippen LogP contribution >= 0.6 is 0 Å². The first kappa shape index (κ1) is 35.5. The van der Waals surface area contributed by atoms with Gasteiger partial charge in [0, 0.05) is 5.41 Å². The number of fused-ring (bicyclic) bond motifs is 3. The predicted molar refractivity (Wildman–Crippen MR) is 157 cm³/mol. The maximum absolute atomic E-state index is 10.6. The van der Waals surface area contributed by atoms with Gasteiger partial charge in [-0.1, -0.05) is 39.3 Å². The smallest absolute Gasteiger partial charge is 0.187 e. The Morgan fingerprint density at radius 3 is 1.91 bits per heavy atom. The van der Waals surface area contributed by atoms with Crippen LogP contribution in [0.25, 0.3) is 0 Å². The fourth-order valence-electron chi connectivity index (χ4n) is 9.32. The van der Waals surface area contributed by atoms with Crippen molar-refractivity contribution in [3.8, 4) is 0 Å². The van der Waals surface area contributed by atoms with Crippen molar-refractivity contribution in [1.82, 2.24) is 0 Å². The summed E-state index contributed by atoms with van der Waals surface area (Å²) < 4.78 is 23.7. The van der Waals surface area contributed by atoms with Crippen LogP contribution in [0.2, 0.25) is 0 Å². The van der Waals surface area contributed by atoms with Gasteiger partial charge >= 0.3 is 0 Å². The van der Waals surface area contributed by atoms with Crippen LogP contribution in [0.5, 0.6) is 0 Å². The number of rotatable bonds is 8. The quantitative estimate of drug-likeness (QED) is 0.113. The molecule has 2 aliphatic heterocycles. The average molecular weight is 647 g/mol. The largest absolute Gasteiger partial charge is 0.394 e. The van der Waals surface area contributed by atoms with E-state index < -0.39 is 86.1 Å². The van der Waals surface area contributed by atoms with E-state index in [9.17, 15) is 46.0 Å². The normalized spacial score (nSPS) is 50.7. The van der Waals surface area contributed by atoms with Gasteiger partial charge < -0.3 is 64.9 Å². The lowest BCUT2D eigenvalue weighted by Crippen LogP contribution is -2.62. The van der Waals surface area contributed by atoms with Gasteiger partial charge in [-0.25, -0.2) is 0 Å². The Labute approximate surface area is 264 Å². The fourth-order valence-corrected chi connectivity index (χ4v) is 9.32. The molecule has 13 nitrogen and oxygen atoms in total. The zero-order valence-corrected chi connectivity index (χ0v) is 26.7. The molecule has 3 aliphatic carbocycles. The Hall–Kier alpha value is -0.780. The summed E-state index contributed by atoms with van der Waals surface area (Å²) >= 11 is 0. The molecule has 0 spiro atoms. The van der Waals surface area contributed by atoms with Gasteiger partial charge in [0.25, 0.3) is 0 Å². The molecule has 2 saturated heterocycles. The van der Waals surface area contributed by atoms with Gasteiger partial charge in [-0.2, -0.15) is 0 Å². The van der Waals surface area contributed by atoms with Crippen molar-refractivity contribution in [2.75, 3.05) is 19.8 Å². The third-order valence-electron chi connectivity index (χ3n) is 12.1. The van der Waals surface area contributed by atoms with Crippen molar-refractivity contribution < 1.29 is 64.9 Å². The first-order chi connectivity index (χ1) is 21.1. The van der Waals surface area contributed by atoms with E-state index in [-0.39, 0.29) is 35.4 Å². The van der Waals surface area contributed by atoms with E-state index in [1.807, 2.05) is 6.92 Å². The monoisotopic (exact) mass is 646 g/mol. The van der Waals surface area contributed by atoms with E-state index in [0.29, 0.717) is 12.8 Å². The molecule has 5 rings (SSSR count). The summed E-state index contributed by atoms with van der Waals surface area (Å²) in [5.74, 6) is 0.544. The van der Waals surface area contributed by atoms with Crippen LogP contribution in [0.1, 0.15) is 66.2 Å². The van der Waals surface area contributed by atoms with E-state index in [1.165, 1.54) is 5.57 Å². The zero-order chi connectivity index (χ0) is 33.1. The SMILES string of the molecule is CC1(C)[C@@H](O[C@H]2O[C@@H](CO)[C@H](O)[C@@H](O)[C@@H]2O)CC[C@@]2(C)[C@@H]1CCC1=C[C@@](C)([C@H](CO)O[C@H]3O[C@@H](CO)[C@H](O)[C@@H](O)[C@@H]3O)CC[C@@H]12. The molecular formula is C32H54O13. The Bertz CT molecular complexity index is 1050. The molecule has 0 unspecified atom stereocenters. The third-order valence-corrected chi connectivity index (χ3v) is 12.1. The number of hydrogen-bond acceptors (Lipinski definition) is 13. The van der Waals surface area contributed by atoms with Crippen molar-refractivity contribution in [2.45, 2.75) is 140 Å². The van der Waals surface area contributed by atoms with Gasteiger partial charge in [0.1, 0.15) is 48.8 Å². The average Bonchev–Trinajstić information content (AvgIpc) is 3.00. The van der Waals surface area contributed by atoms with Crippen LogP contribution in [0.4, 0.5) is 0 Å². The lowest BCUT2D eigenvalue weighted by atomic mass is 9.45. The Kier molecular flexibility index (Phi) is 10.5. The first-order valence-electron chi connectivity index (χ1n) is 16.4. The van der Waals surface area contributed by atoms with Gasteiger partial charge in [-0.05, 0) is 61.2 Å². The number of ether oxygens (including phenoxy) is 4. The Morgan fingerprint density at radius 2 is 1.33 bits per heavy atom. The van der Waals surface area contributed by atoms with Crippen LogP contribution in [0.15, 0.2) is 11.6 Å². The van der Waals surface area contributed by atoms with E-state index in [4.69, 9.17) is 18.9 Å². The predicted octanol–water partition coefficient (Wildman–Crippen LogP) is -1.07. The molecule has 0 aromatic carbocycles. The molecule has 0 radical (unpaired) electrons. The molecule has 0 aromatic heterocycles. The highest BCUT2D eigenvalue weighted by atomic mass is 16.7. The van der Waals surface area contributed by atoms with Crippen LogP contribution in [0.3, 0.4) is 0 Å². The van der Waals surface area contributed by atoms with Crippen LogP contribution < -0.4 is 0 Å². The highest BCUT2D eigenvalue weighted by molar-refractivity contribution is 5.25. The topological polar surface area (TPSA) is 219 Å². The summed E-state index contributed by atoms with van der Waals surface area (Å²) in [4.78, 5) is 0. The molecule has 2 heterocycles. The molecule has 9 N–H and O–H groups in total. The summed E-state index contributed by atoms with van der Waals surface area (Å²) in [6.07, 6.45) is -7.72. The van der Waals surface area contributed by atoms with Crippen molar-refractivity contribution in [3.63, 3.8) is 0 Å². The first-order valence-corrected chi connectivity index (χ1v) is 16.4. The van der Waals surface area contributed by atoms with Gasteiger partial charge in [0.15, 0.2) is 12.6 Å². The Balaban J connectivity index is 1.30. The highest BCUT2D eigenvalue weighted by Gasteiger charge is 2.59. The lowest BCUT2D eigenvalue weighted by molar-refractivity contribution is -0.327. The van der Waals surface area contributed by atoms with E-state index in [1.54, 1.807) is 0 Å². The highest BCUT2D eigenvalue weighted by Crippen LogP contribution is 2.64. The zero-order valence-electron chi connectivity index (χ0n) is 26.7. The summed E-state index contributed by atoms with van der Waals surface area (Å²) in [5, 5.41) is 91.6. The van der Waals surface area contributed by atoms with E-state index in [2.05, 4.69) is 26.8 Å². The van der Waals surface area contributed by atoms with Crippen LogP contribution in [-0.2, 0) is 18.9 Å². The molecule has 5 aliphatic rings. The molecule has 0 amide bonds. The molecule has 260 valence electrons. The van der Waals surface area contributed by atoms with E-state index >= 15 is 0 Å². The maximum Gasteiger partial charge on any atom is 0.187 e. The minimum Gasteiger partial charge on any atom is -0.394 e. The molecule has 4 fully saturated rings. The maximum atomic E-state index is 10.6. The summed E-state index contributed by atoms with van der Waals surface area (Å²) in [7, 11) is 0. The number of allylic oxidation sites excluding steroid dienone is 1. The van der Waals surface area contributed by atoms with Crippen LogP contribution in [0, 0.1) is 28.1 Å². The minimum atomic E-state index is -1.57. The van der Waals surface area contributed by atoms with Crippen molar-refractivity contribution in [2.24, 2.45) is 28.1 Å². The second kappa shape index (κ2) is 13.3. The van der Waals surface area contributed by atoms with Gasteiger partial charge in [-0.15, -0.1) is 0 Å². The molecule has 0 bridgehead atoms. The minimum absolute atomic E-state index is 0.0585. The van der Waals surface area contributed by atoms with Gasteiger partial charge in [0.2, 0.25) is 0 Å². The molecule has 0 aromatic rings. The molecule has 45 heavy (non-hydrogen) atoms. The van der Waals surface area contributed by atoms with Crippen molar-refractivity contribution in [1.29, 1.82) is 0 Å². The summed E-state index contributed by atoms with van der Waals surface area (Å²) in [6.45, 7) is 7.23. The van der Waals surface area contributed by atoms with Crippen molar-refractivity contribution >= 4 is 0 Å². The van der Waals surface area contributed by atoms with Gasteiger partial charge in [0.05, 0.1) is 32.0 Å². The summed E-state index contributed by atoms with van der Waals surface area (Å²) in [6, 6.07) is 0. The molecule has 13 heteroatoms. The van der Waals surface area contributed by atoms with Crippen LogP contribution in [-0.4, -0.2) is 139 Å². The standard InChI is InChI=1S/C32H54O13/c1-30(2)19-6-5-15-11-31(3,21(14-35)45-29-27(41)25(39)23(37)18(13-34)43-29)9-7-16(15)32(19,4)10-8-20(30)44-28-26(40)24(38)22(36)17(12-33)42-28/h11,16-29,33-41H,5-10,12-14H2,1-4H3/t16-,17-,18-,19+,20-,21-,22-,23-,24+,25+,26-,27-,28+,29+,31-,32+/m0/s1. The fraction of sp³-hybridized carbons (Fsp3) is 0.938. The third kappa shape index (κ3) is 6.16. The number of aliphatic hydroxyl groups is 9. The molecule has 16 atom stereocenters. The molecule has 2 saturated carbocycles. The number of hydrogen-bond donors (Lipinski definition) is 9. The lowest BCUT2D eigenvalue weighted by Gasteiger charge is -2.62. The Morgan fingerprint density at radius 1 is 0.756 bits per heavy atom. The van der Waals surface area contributed by atoms with Gasteiger partial charge in [-0.3, -0.25) is 0 Å².